The molecular formula is C12H16ClNO2. The van der Waals surface area contributed by atoms with Gasteiger partial charge in [0.15, 0.2) is 0 Å². The molecule has 16 heavy (non-hydrogen) atoms. The first kappa shape index (κ1) is 12.8. The maximum atomic E-state index is 11.6. The Morgan fingerprint density at radius 1 is 1.31 bits per heavy atom. The molecule has 1 aromatic rings. The lowest BCUT2D eigenvalue weighted by Gasteiger charge is -2.10. The van der Waals surface area contributed by atoms with E-state index in [0.717, 1.165) is 12.2 Å². The van der Waals surface area contributed by atoms with Crippen molar-refractivity contribution in [1.29, 1.82) is 0 Å². The lowest BCUT2D eigenvalue weighted by molar-refractivity contribution is 0.0827. The summed E-state index contributed by atoms with van der Waals surface area (Å²) in [6.45, 7) is 0.602. The topological polar surface area (TPSA) is 29.5 Å². The fraction of sp³-hybridized carbons (Fsp3) is 0.417. The minimum absolute atomic E-state index is 0.00712. The standard InChI is InChI=1S/C12H16ClNO2/c1-14(2)12(15)10-4-6-11(7-5-10)16-9-3-8-13/h4-7H,3,8-9H2,1-2H3. The summed E-state index contributed by atoms with van der Waals surface area (Å²) < 4.78 is 5.43. The Morgan fingerprint density at radius 3 is 2.44 bits per heavy atom. The maximum Gasteiger partial charge on any atom is 0.253 e. The lowest BCUT2D eigenvalue weighted by Crippen LogP contribution is -2.21. The number of carbonyl (C=O) groups excluding carboxylic acids is 1. The van der Waals surface area contributed by atoms with Gasteiger partial charge in [-0.2, -0.15) is 0 Å². The molecule has 0 radical (unpaired) electrons. The Morgan fingerprint density at radius 2 is 1.94 bits per heavy atom. The van der Waals surface area contributed by atoms with Crippen molar-refractivity contribution in [2.75, 3.05) is 26.6 Å². The highest BCUT2D eigenvalue weighted by molar-refractivity contribution is 6.17. The highest BCUT2D eigenvalue weighted by Gasteiger charge is 2.06. The van der Waals surface area contributed by atoms with Gasteiger partial charge in [0, 0.05) is 25.5 Å². The van der Waals surface area contributed by atoms with E-state index in [1.165, 1.54) is 0 Å². The van der Waals surface area contributed by atoms with Crippen LogP contribution in [0.4, 0.5) is 0 Å². The van der Waals surface area contributed by atoms with Crippen molar-refractivity contribution in [3.8, 4) is 5.75 Å². The molecule has 4 heteroatoms. The van der Waals surface area contributed by atoms with Gasteiger partial charge < -0.3 is 9.64 Å². The average molecular weight is 242 g/mol. The number of benzene rings is 1. The van der Waals surface area contributed by atoms with Crippen molar-refractivity contribution in [2.24, 2.45) is 0 Å². The molecule has 0 fully saturated rings. The summed E-state index contributed by atoms with van der Waals surface area (Å²) in [4.78, 5) is 13.1. The van der Waals surface area contributed by atoms with Crippen molar-refractivity contribution >= 4 is 17.5 Å². The van der Waals surface area contributed by atoms with Crippen molar-refractivity contribution in [1.82, 2.24) is 4.90 Å². The van der Waals surface area contributed by atoms with Crippen LogP contribution < -0.4 is 4.74 Å². The van der Waals surface area contributed by atoms with Gasteiger partial charge in [0.05, 0.1) is 6.61 Å². The number of halogens is 1. The first-order valence-corrected chi connectivity index (χ1v) is 5.69. The molecule has 0 aliphatic heterocycles. The van der Waals surface area contributed by atoms with E-state index in [0.29, 0.717) is 18.1 Å². The van der Waals surface area contributed by atoms with Crippen molar-refractivity contribution < 1.29 is 9.53 Å². The van der Waals surface area contributed by atoms with Gasteiger partial charge in [-0.15, -0.1) is 11.6 Å². The Labute approximate surface area is 101 Å². The third kappa shape index (κ3) is 3.74. The molecule has 0 saturated heterocycles. The summed E-state index contributed by atoms with van der Waals surface area (Å²) in [6, 6.07) is 7.12. The molecule has 0 bridgehead atoms. The molecule has 0 saturated carbocycles. The van der Waals surface area contributed by atoms with E-state index >= 15 is 0 Å². The summed E-state index contributed by atoms with van der Waals surface area (Å²) >= 11 is 5.54. The zero-order valence-corrected chi connectivity index (χ0v) is 10.3. The minimum atomic E-state index is -0.00712. The van der Waals surface area contributed by atoms with Crippen LogP contribution in [-0.4, -0.2) is 37.4 Å². The number of carbonyl (C=O) groups is 1. The van der Waals surface area contributed by atoms with Crippen molar-refractivity contribution in [3.05, 3.63) is 29.8 Å². The number of nitrogens with zero attached hydrogens (tertiary/aromatic N) is 1. The van der Waals surface area contributed by atoms with Gasteiger partial charge in [-0.25, -0.2) is 0 Å². The number of ether oxygens (including phenoxy) is 1. The van der Waals surface area contributed by atoms with Gasteiger partial charge in [-0.05, 0) is 30.7 Å². The highest BCUT2D eigenvalue weighted by atomic mass is 35.5. The number of rotatable bonds is 5. The third-order valence-corrected chi connectivity index (χ3v) is 2.32. The Bertz CT molecular complexity index is 335. The molecule has 0 aliphatic carbocycles. The van der Waals surface area contributed by atoms with Gasteiger partial charge in [-0.3, -0.25) is 4.79 Å². The minimum Gasteiger partial charge on any atom is -0.494 e. The highest BCUT2D eigenvalue weighted by Crippen LogP contribution is 2.13. The van der Waals surface area contributed by atoms with Gasteiger partial charge in [0.1, 0.15) is 5.75 Å². The maximum absolute atomic E-state index is 11.6. The molecule has 88 valence electrons. The van der Waals surface area contributed by atoms with Crippen LogP contribution in [0.5, 0.6) is 5.75 Å². The zero-order valence-electron chi connectivity index (χ0n) is 9.57. The van der Waals surface area contributed by atoms with Crippen LogP contribution in [0, 0.1) is 0 Å². The second-order valence-corrected chi connectivity index (χ2v) is 3.99. The second kappa shape index (κ2) is 6.38. The number of hydrogen-bond acceptors (Lipinski definition) is 2. The largest absolute Gasteiger partial charge is 0.494 e. The van der Waals surface area contributed by atoms with Gasteiger partial charge in [-0.1, -0.05) is 0 Å². The summed E-state index contributed by atoms with van der Waals surface area (Å²) in [6.07, 6.45) is 0.819. The predicted octanol–water partition coefficient (Wildman–Crippen LogP) is 2.40. The monoisotopic (exact) mass is 241 g/mol. The molecule has 0 aromatic heterocycles. The molecule has 1 amide bonds. The Hall–Kier alpha value is -1.22. The van der Waals surface area contributed by atoms with Crippen LogP contribution in [0.15, 0.2) is 24.3 Å². The first-order valence-electron chi connectivity index (χ1n) is 5.15. The third-order valence-electron chi connectivity index (χ3n) is 2.05. The average Bonchev–Trinajstić information content (AvgIpc) is 2.29. The van der Waals surface area contributed by atoms with E-state index in [9.17, 15) is 4.79 Å². The molecule has 0 N–H and O–H groups in total. The second-order valence-electron chi connectivity index (χ2n) is 3.61. The summed E-state index contributed by atoms with van der Waals surface area (Å²) in [7, 11) is 3.46. The number of hydrogen-bond donors (Lipinski definition) is 0. The van der Waals surface area contributed by atoms with Crippen LogP contribution in [0.3, 0.4) is 0 Å². The smallest absolute Gasteiger partial charge is 0.253 e. The van der Waals surface area contributed by atoms with Crippen LogP contribution in [0.2, 0.25) is 0 Å². The van der Waals surface area contributed by atoms with Crippen molar-refractivity contribution in [2.45, 2.75) is 6.42 Å². The van der Waals surface area contributed by atoms with Gasteiger partial charge in [0.2, 0.25) is 0 Å². The first-order chi connectivity index (χ1) is 7.65. The van der Waals surface area contributed by atoms with E-state index in [-0.39, 0.29) is 5.91 Å². The predicted molar refractivity (Wildman–Crippen MR) is 65.3 cm³/mol. The van der Waals surface area contributed by atoms with Crippen molar-refractivity contribution in [3.63, 3.8) is 0 Å². The van der Waals surface area contributed by atoms with E-state index in [1.807, 2.05) is 0 Å². The van der Waals surface area contributed by atoms with Crippen LogP contribution in [0.1, 0.15) is 16.8 Å². The van der Waals surface area contributed by atoms with E-state index < -0.39 is 0 Å². The summed E-state index contributed by atoms with van der Waals surface area (Å²) in [5.74, 6) is 1.35. The molecule has 0 unspecified atom stereocenters. The normalized spacial score (nSPS) is 9.94. The Balaban J connectivity index is 2.57. The quantitative estimate of drug-likeness (QED) is 0.585. The number of amides is 1. The molecule has 0 heterocycles. The Kier molecular flexibility index (Phi) is 5.12. The number of alkyl halides is 1. The van der Waals surface area contributed by atoms with E-state index in [2.05, 4.69) is 0 Å². The summed E-state index contributed by atoms with van der Waals surface area (Å²) in [5.41, 5.74) is 0.662. The molecule has 0 atom stereocenters. The molecular weight excluding hydrogens is 226 g/mol. The van der Waals surface area contributed by atoms with Gasteiger partial charge >= 0.3 is 0 Å². The zero-order chi connectivity index (χ0) is 12.0. The SMILES string of the molecule is CN(C)C(=O)c1ccc(OCCCCl)cc1. The molecule has 0 spiro atoms. The lowest BCUT2D eigenvalue weighted by atomic mass is 10.2. The molecule has 1 aromatic carbocycles. The fourth-order valence-corrected chi connectivity index (χ4v) is 1.31. The molecule has 0 aliphatic rings. The van der Waals surface area contributed by atoms with Crippen LogP contribution >= 0.6 is 11.6 Å². The van der Waals surface area contributed by atoms with E-state index in [1.54, 1.807) is 43.3 Å². The van der Waals surface area contributed by atoms with E-state index in [4.69, 9.17) is 16.3 Å². The van der Waals surface area contributed by atoms with Gasteiger partial charge in [0.25, 0.3) is 5.91 Å². The molecule has 1 rings (SSSR count). The van der Waals surface area contributed by atoms with Crippen LogP contribution in [-0.2, 0) is 0 Å². The molecule has 3 nitrogen and oxygen atoms in total. The summed E-state index contributed by atoms with van der Waals surface area (Å²) in [5, 5.41) is 0. The fourth-order valence-electron chi connectivity index (χ4n) is 1.20. The van der Waals surface area contributed by atoms with Crippen LogP contribution in [0.25, 0.3) is 0 Å².